The Balaban J connectivity index is 1.71. The van der Waals surface area contributed by atoms with Crippen molar-refractivity contribution in [2.75, 3.05) is 10.6 Å². The summed E-state index contributed by atoms with van der Waals surface area (Å²) in [5.41, 5.74) is 1.03. The molecule has 1 fully saturated rings. The summed E-state index contributed by atoms with van der Waals surface area (Å²) in [4.78, 5) is 35.2. The van der Waals surface area contributed by atoms with Gasteiger partial charge in [-0.3, -0.25) is 14.4 Å². The van der Waals surface area contributed by atoms with Crippen LogP contribution in [0, 0.1) is 5.92 Å². The summed E-state index contributed by atoms with van der Waals surface area (Å²) in [5, 5.41) is 9.41. The zero-order valence-electron chi connectivity index (χ0n) is 12.6. The monoisotopic (exact) mass is 312 g/mol. The maximum atomic E-state index is 12.2. The number of hydrogen-bond donors (Lipinski definition) is 2. The Morgan fingerprint density at radius 1 is 1.13 bits per heavy atom. The lowest BCUT2D eigenvalue weighted by atomic mass is 10.2. The molecule has 3 rings (SSSR count). The third-order valence-electron chi connectivity index (χ3n) is 3.53. The minimum Gasteiger partial charge on any atom is -0.326 e. The Bertz CT molecular complexity index is 824. The quantitative estimate of drug-likeness (QED) is 0.892. The molecule has 0 aliphatic heterocycles. The number of carbonyl (C=O) groups excluding carboxylic acids is 2. The highest BCUT2D eigenvalue weighted by Gasteiger charge is 2.29. The van der Waals surface area contributed by atoms with Crippen LogP contribution in [-0.4, -0.2) is 21.6 Å². The van der Waals surface area contributed by atoms with Crippen LogP contribution in [0.3, 0.4) is 0 Å². The van der Waals surface area contributed by atoms with E-state index in [4.69, 9.17) is 0 Å². The number of nitrogens with zero attached hydrogens (tertiary/aromatic N) is 2. The number of aryl methyl sites for hydroxylation is 1. The average molecular weight is 312 g/mol. The van der Waals surface area contributed by atoms with Crippen molar-refractivity contribution in [2.45, 2.75) is 12.8 Å². The number of aromatic nitrogens is 2. The van der Waals surface area contributed by atoms with Crippen LogP contribution in [0.5, 0.6) is 0 Å². The van der Waals surface area contributed by atoms with E-state index in [2.05, 4.69) is 15.7 Å². The van der Waals surface area contributed by atoms with Crippen LogP contribution in [-0.2, 0) is 11.8 Å². The highest BCUT2D eigenvalue weighted by Crippen LogP contribution is 2.30. The number of nitrogens with one attached hydrogen (secondary N) is 2. The number of hydrogen-bond acceptors (Lipinski definition) is 4. The highest BCUT2D eigenvalue weighted by atomic mass is 16.2. The van der Waals surface area contributed by atoms with Crippen molar-refractivity contribution in [1.82, 2.24) is 9.78 Å². The van der Waals surface area contributed by atoms with Crippen molar-refractivity contribution in [3.05, 3.63) is 52.4 Å². The standard InChI is InChI=1S/C16H16N4O3/c1-20-14(21)8-7-13(19-20)16(23)18-12-4-2-3-11(9-12)17-15(22)10-5-6-10/h2-4,7-10H,5-6H2,1H3,(H,17,22)(H,18,23). The Kier molecular flexibility index (Phi) is 3.92. The van der Waals surface area contributed by atoms with Crippen LogP contribution in [0.15, 0.2) is 41.2 Å². The second-order valence-electron chi connectivity index (χ2n) is 5.48. The lowest BCUT2D eigenvalue weighted by Gasteiger charge is -2.08. The summed E-state index contributed by atoms with van der Waals surface area (Å²) in [5.74, 6) is -0.303. The fourth-order valence-electron chi connectivity index (χ4n) is 2.08. The Labute approximate surface area is 132 Å². The molecule has 0 radical (unpaired) electrons. The van der Waals surface area contributed by atoms with E-state index in [0.717, 1.165) is 17.5 Å². The molecule has 2 aromatic rings. The van der Waals surface area contributed by atoms with Crippen molar-refractivity contribution in [1.29, 1.82) is 0 Å². The lowest BCUT2D eigenvalue weighted by molar-refractivity contribution is -0.117. The number of benzene rings is 1. The molecule has 1 aromatic carbocycles. The van der Waals surface area contributed by atoms with Gasteiger partial charge in [-0.25, -0.2) is 4.68 Å². The van der Waals surface area contributed by atoms with Gasteiger partial charge >= 0.3 is 0 Å². The van der Waals surface area contributed by atoms with Crippen molar-refractivity contribution in [3.63, 3.8) is 0 Å². The summed E-state index contributed by atoms with van der Waals surface area (Å²) < 4.78 is 1.10. The van der Waals surface area contributed by atoms with Gasteiger partial charge in [0.05, 0.1) is 0 Å². The van der Waals surface area contributed by atoms with Crippen LogP contribution in [0.1, 0.15) is 23.3 Å². The van der Waals surface area contributed by atoms with Gasteiger partial charge < -0.3 is 10.6 Å². The molecule has 23 heavy (non-hydrogen) atoms. The maximum Gasteiger partial charge on any atom is 0.276 e. The summed E-state index contributed by atoms with van der Waals surface area (Å²) in [6.07, 6.45) is 1.86. The van der Waals surface area contributed by atoms with E-state index >= 15 is 0 Å². The van der Waals surface area contributed by atoms with Crippen LogP contribution in [0.4, 0.5) is 11.4 Å². The first-order valence-electron chi connectivity index (χ1n) is 7.29. The molecule has 1 heterocycles. The van der Waals surface area contributed by atoms with Gasteiger partial charge in [0.15, 0.2) is 0 Å². The zero-order chi connectivity index (χ0) is 16.4. The maximum absolute atomic E-state index is 12.2. The van der Waals surface area contributed by atoms with Crippen molar-refractivity contribution < 1.29 is 9.59 Å². The van der Waals surface area contributed by atoms with Crippen molar-refractivity contribution in [3.8, 4) is 0 Å². The molecule has 2 amide bonds. The summed E-state index contributed by atoms with van der Waals surface area (Å²) in [6, 6.07) is 9.56. The van der Waals surface area contributed by atoms with Crippen molar-refractivity contribution >= 4 is 23.2 Å². The van der Waals surface area contributed by atoms with E-state index in [1.165, 1.54) is 19.2 Å². The minimum atomic E-state index is -0.425. The average Bonchev–Trinajstić information content (AvgIpc) is 3.35. The van der Waals surface area contributed by atoms with Gasteiger partial charge in [-0.1, -0.05) is 6.07 Å². The second kappa shape index (κ2) is 6.04. The smallest absolute Gasteiger partial charge is 0.276 e. The van der Waals surface area contributed by atoms with Gasteiger partial charge in [-0.15, -0.1) is 0 Å². The molecule has 0 saturated heterocycles. The molecule has 0 atom stereocenters. The van der Waals surface area contributed by atoms with E-state index in [0.29, 0.717) is 11.4 Å². The summed E-state index contributed by atoms with van der Waals surface area (Å²) >= 11 is 0. The molecule has 0 unspecified atom stereocenters. The molecule has 118 valence electrons. The van der Waals surface area contributed by atoms with Crippen LogP contribution >= 0.6 is 0 Å². The fraction of sp³-hybridized carbons (Fsp3) is 0.250. The Morgan fingerprint density at radius 2 is 1.83 bits per heavy atom. The molecule has 1 aliphatic rings. The van der Waals surface area contributed by atoms with E-state index < -0.39 is 5.91 Å². The first-order chi connectivity index (χ1) is 11.0. The molecular formula is C16H16N4O3. The molecule has 0 bridgehead atoms. The fourth-order valence-corrected chi connectivity index (χ4v) is 2.08. The van der Waals surface area contributed by atoms with E-state index in [-0.39, 0.29) is 23.1 Å². The van der Waals surface area contributed by atoms with Crippen molar-refractivity contribution in [2.24, 2.45) is 13.0 Å². The molecule has 1 aliphatic carbocycles. The summed E-state index contributed by atoms with van der Waals surface area (Å²) in [6.45, 7) is 0. The second-order valence-corrected chi connectivity index (χ2v) is 5.48. The van der Waals surface area contributed by atoms with Gasteiger partial charge in [0.25, 0.3) is 11.5 Å². The van der Waals surface area contributed by atoms with Gasteiger partial charge in [-0.2, -0.15) is 5.10 Å². The van der Waals surface area contributed by atoms with Crippen LogP contribution in [0.25, 0.3) is 0 Å². The van der Waals surface area contributed by atoms with E-state index in [1.54, 1.807) is 24.3 Å². The minimum absolute atomic E-state index is 0.00759. The number of carbonyl (C=O) groups is 2. The molecule has 1 aromatic heterocycles. The first-order valence-corrected chi connectivity index (χ1v) is 7.29. The predicted octanol–water partition coefficient (Wildman–Crippen LogP) is 1.38. The van der Waals surface area contributed by atoms with Gasteiger partial charge in [0.2, 0.25) is 5.91 Å². The number of amides is 2. The van der Waals surface area contributed by atoms with Crippen LogP contribution in [0.2, 0.25) is 0 Å². The normalized spacial score (nSPS) is 13.4. The Morgan fingerprint density at radius 3 is 2.48 bits per heavy atom. The van der Waals surface area contributed by atoms with Gasteiger partial charge in [0.1, 0.15) is 5.69 Å². The van der Waals surface area contributed by atoms with E-state index in [9.17, 15) is 14.4 Å². The molecule has 0 spiro atoms. The topological polar surface area (TPSA) is 93.1 Å². The number of rotatable bonds is 4. The lowest BCUT2D eigenvalue weighted by Crippen LogP contribution is -2.23. The Hall–Kier alpha value is -2.96. The SMILES string of the molecule is Cn1nc(C(=O)Nc2cccc(NC(=O)C3CC3)c2)ccc1=O. The molecule has 1 saturated carbocycles. The highest BCUT2D eigenvalue weighted by molar-refractivity contribution is 6.03. The predicted molar refractivity (Wildman–Crippen MR) is 85.2 cm³/mol. The third kappa shape index (κ3) is 3.63. The molecule has 2 N–H and O–H groups in total. The zero-order valence-corrected chi connectivity index (χ0v) is 12.6. The van der Waals surface area contributed by atoms with Crippen LogP contribution < -0.4 is 16.2 Å². The van der Waals surface area contributed by atoms with E-state index in [1.807, 2.05) is 0 Å². The third-order valence-corrected chi connectivity index (χ3v) is 3.53. The largest absolute Gasteiger partial charge is 0.326 e. The molecular weight excluding hydrogens is 296 g/mol. The molecule has 7 nitrogen and oxygen atoms in total. The summed E-state index contributed by atoms with van der Waals surface area (Å²) in [7, 11) is 1.48. The number of anilines is 2. The van der Waals surface area contributed by atoms with Gasteiger partial charge in [-0.05, 0) is 37.1 Å². The first kappa shape index (κ1) is 15.0. The van der Waals surface area contributed by atoms with Gasteiger partial charge in [0, 0.05) is 30.4 Å². The molecule has 7 heteroatoms.